The number of aromatic nitrogens is 1. The van der Waals surface area contributed by atoms with E-state index in [1.54, 1.807) is 38.2 Å². The molecule has 0 radical (unpaired) electrons. The maximum absolute atomic E-state index is 5.38. The van der Waals surface area contributed by atoms with Gasteiger partial charge in [0.1, 0.15) is 5.69 Å². The fourth-order valence-electron chi connectivity index (χ4n) is 1.95. The lowest BCUT2D eigenvalue weighted by atomic mass is 10.2. The summed E-state index contributed by atoms with van der Waals surface area (Å²) in [5.74, 6) is 1.36. The van der Waals surface area contributed by atoms with Gasteiger partial charge in [-0.2, -0.15) is 0 Å². The minimum Gasteiger partial charge on any atom is -0.493 e. The Labute approximate surface area is 123 Å². The van der Waals surface area contributed by atoms with Gasteiger partial charge >= 0.3 is 0 Å². The largest absolute Gasteiger partial charge is 0.493 e. The van der Waals surface area contributed by atoms with Crippen LogP contribution in [0.25, 0.3) is 0 Å². The fourth-order valence-corrected chi connectivity index (χ4v) is 2.52. The third-order valence-electron chi connectivity index (χ3n) is 2.92. The molecule has 0 spiro atoms. The molecule has 0 amide bonds. The molecule has 2 rings (SSSR count). The highest BCUT2D eigenvalue weighted by molar-refractivity contribution is 7.98. The maximum Gasteiger partial charge on any atom is 0.184 e. The van der Waals surface area contributed by atoms with E-state index in [0.717, 1.165) is 11.4 Å². The average Bonchev–Trinajstić information content (AvgIpc) is 2.52. The number of rotatable bonds is 6. The maximum atomic E-state index is 5.38. The van der Waals surface area contributed by atoms with Gasteiger partial charge in [0.25, 0.3) is 0 Å². The van der Waals surface area contributed by atoms with E-state index >= 15 is 0 Å². The van der Waals surface area contributed by atoms with E-state index < -0.39 is 0 Å². The zero-order valence-electron chi connectivity index (χ0n) is 11.8. The van der Waals surface area contributed by atoms with Gasteiger partial charge in [0.15, 0.2) is 11.5 Å². The van der Waals surface area contributed by atoms with Gasteiger partial charge in [-0.3, -0.25) is 4.98 Å². The van der Waals surface area contributed by atoms with Gasteiger partial charge in [-0.1, -0.05) is 12.1 Å². The number of nitrogens with one attached hydrogen (secondary N) is 1. The number of benzene rings is 1. The summed E-state index contributed by atoms with van der Waals surface area (Å²) in [5, 5.41) is 3.39. The Kier molecular flexibility index (Phi) is 5.12. The van der Waals surface area contributed by atoms with Crippen molar-refractivity contribution in [2.75, 3.05) is 25.8 Å². The van der Waals surface area contributed by atoms with Crippen LogP contribution in [0.2, 0.25) is 0 Å². The van der Waals surface area contributed by atoms with Crippen LogP contribution in [0.5, 0.6) is 11.5 Å². The van der Waals surface area contributed by atoms with Crippen molar-refractivity contribution in [2.45, 2.75) is 11.4 Å². The molecule has 20 heavy (non-hydrogen) atoms. The van der Waals surface area contributed by atoms with Crippen molar-refractivity contribution < 1.29 is 9.47 Å². The van der Waals surface area contributed by atoms with Gasteiger partial charge in [-0.05, 0) is 18.4 Å². The Morgan fingerprint density at radius 3 is 2.65 bits per heavy atom. The van der Waals surface area contributed by atoms with E-state index in [1.807, 2.05) is 12.1 Å². The average molecular weight is 290 g/mol. The number of thioether (sulfide) groups is 1. The van der Waals surface area contributed by atoms with Crippen molar-refractivity contribution in [3.63, 3.8) is 0 Å². The first-order valence-corrected chi connectivity index (χ1v) is 7.45. The first-order chi connectivity index (χ1) is 9.80. The zero-order valence-corrected chi connectivity index (χ0v) is 12.7. The molecule has 1 heterocycles. The smallest absolute Gasteiger partial charge is 0.184 e. The minimum absolute atomic E-state index is 0.581. The van der Waals surface area contributed by atoms with Gasteiger partial charge in [0.05, 0.1) is 20.8 Å². The van der Waals surface area contributed by atoms with Crippen molar-refractivity contribution in [3.8, 4) is 11.5 Å². The highest BCUT2D eigenvalue weighted by Gasteiger charge is 2.11. The standard InChI is InChI=1S/C15H18N2O2S/c1-18-13-8-9-16-12(15(13)19-2)10-17-11-6-4-5-7-14(11)20-3/h4-9,17H,10H2,1-3H3. The van der Waals surface area contributed by atoms with E-state index in [4.69, 9.17) is 9.47 Å². The second kappa shape index (κ2) is 7.05. The molecule has 0 unspecified atom stereocenters. The summed E-state index contributed by atoms with van der Waals surface area (Å²) in [6, 6.07) is 9.97. The molecule has 5 heteroatoms. The number of methoxy groups -OCH3 is 2. The van der Waals surface area contributed by atoms with Gasteiger partial charge < -0.3 is 14.8 Å². The molecule has 0 saturated carbocycles. The SMILES string of the molecule is COc1ccnc(CNc2ccccc2SC)c1OC. The van der Waals surface area contributed by atoms with Crippen molar-refractivity contribution in [1.82, 2.24) is 4.98 Å². The van der Waals surface area contributed by atoms with Crippen LogP contribution in [0.3, 0.4) is 0 Å². The van der Waals surface area contributed by atoms with E-state index in [2.05, 4.69) is 28.7 Å². The second-order valence-corrected chi connectivity index (χ2v) is 4.90. The van der Waals surface area contributed by atoms with Gasteiger partial charge in [-0.25, -0.2) is 0 Å². The number of hydrogen-bond acceptors (Lipinski definition) is 5. The van der Waals surface area contributed by atoms with E-state index in [-0.39, 0.29) is 0 Å². The number of ether oxygens (including phenoxy) is 2. The minimum atomic E-state index is 0.581. The quantitative estimate of drug-likeness (QED) is 0.826. The fraction of sp³-hybridized carbons (Fsp3) is 0.267. The molecule has 0 atom stereocenters. The number of pyridine rings is 1. The first-order valence-electron chi connectivity index (χ1n) is 6.23. The first kappa shape index (κ1) is 14.5. The third kappa shape index (κ3) is 3.17. The highest BCUT2D eigenvalue weighted by atomic mass is 32.2. The Morgan fingerprint density at radius 2 is 1.95 bits per heavy atom. The summed E-state index contributed by atoms with van der Waals surface area (Å²) >= 11 is 1.71. The lowest BCUT2D eigenvalue weighted by Crippen LogP contribution is -2.05. The molecule has 1 aromatic heterocycles. The molecule has 0 aliphatic rings. The Morgan fingerprint density at radius 1 is 1.15 bits per heavy atom. The van der Waals surface area contributed by atoms with E-state index in [1.165, 1.54) is 4.90 Å². The number of anilines is 1. The molecule has 1 aromatic carbocycles. The molecule has 106 valence electrons. The Bertz CT molecular complexity index is 576. The molecule has 0 fully saturated rings. The summed E-state index contributed by atoms with van der Waals surface area (Å²) in [6.07, 6.45) is 3.78. The van der Waals surface area contributed by atoms with Crippen LogP contribution in [0.15, 0.2) is 41.4 Å². The molecule has 0 aliphatic carbocycles. The lowest BCUT2D eigenvalue weighted by Gasteiger charge is -2.14. The predicted molar refractivity (Wildman–Crippen MR) is 82.9 cm³/mol. The molecular formula is C15H18N2O2S. The number of para-hydroxylation sites is 1. The normalized spacial score (nSPS) is 10.2. The van der Waals surface area contributed by atoms with Crippen LogP contribution >= 0.6 is 11.8 Å². The summed E-state index contributed by atoms with van der Waals surface area (Å²) in [6.45, 7) is 0.581. The van der Waals surface area contributed by atoms with Crippen LogP contribution in [-0.4, -0.2) is 25.5 Å². The molecular weight excluding hydrogens is 272 g/mol. The highest BCUT2D eigenvalue weighted by Crippen LogP contribution is 2.30. The lowest BCUT2D eigenvalue weighted by molar-refractivity contribution is 0.350. The van der Waals surface area contributed by atoms with Crippen LogP contribution in [-0.2, 0) is 6.54 Å². The molecule has 2 aromatic rings. The van der Waals surface area contributed by atoms with Crippen LogP contribution < -0.4 is 14.8 Å². The van der Waals surface area contributed by atoms with Crippen LogP contribution in [0.4, 0.5) is 5.69 Å². The Balaban J connectivity index is 2.19. The summed E-state index contributed by atoms with van der Waals surface area (Å²) in [7, 11) is 3.25. The predicted octanol–water partition coefficient (Wildman–Crippen LogP) is 3.43. The van der Waals surface area contributed by atoms with Crippen LogP contribution in [0, 0.1) is 0 Å². The van der Waals surface area contributed by atoms with Crippen LogP contribution in [0.1, 0.15) is 5.69 Å². The van der Waals surface area contributed by atoms with Crippen molar-refractivity contribution in [1.29, 1.82) is 0 Å². The van der Waals surface area contributed by atoms with Crippen molar-refractivity contribution in [2.24, 2.45) is 0 Å². The molecule has 4 nitrogen and oxygen atoms in total. The van der Waals surface area contributed by atoms with E-state index in [9.17, 15) is 0 Å². The topological polar surface area (TPSA) is 43.4 Å². The van der Waals surface area contributed by atoms with E-state index in [0.29, 0.717) is 18.0 Å². The summed E-state index contributed by atoms with van der Waals surface area (Å²) in [4.78, 5) is 5.56. The molecule has 1 N–H and O–H groups in total. The van der Waals surface area contributed by atoms with Crippen molar-refractivity contribution >= 4 is 17.4 Å². The monoisotopic (exact) mass is 290 g/mol. The van der Waals surface area contributed by atoms with Gasteiger partial charge in [-0.15, -0.1) is 11.8 Å². The van der Waals surface area contributed by atoms with Crippen molar-refractivity contribution in [3.05, 3.63) is 42.2 Å². The second-order valence-electron chi connectivity index (χ2n) is 4.05. The molecule has 0 aliphatic heterocycles. The Hall–Kier alpha value is -1.88. The summed E-state index contributed by atoms with van der Waals surface area (Å²) in [5.41, 5.74) is 1.91. The number of nitrogens with zero attached hydrogens (tertiary/aromatic N) is 1. The van der Waals surface area contributed by atoms with Gasteiger partial charge in [0.2, 0.25) is 0 Å². The zero-order chi connectivity index (χ0) is 14.4. The molecule has 0 bridgehead atoms. The van der Waals surface area contributed by atoms with Gasteiger partial charge in [0, 0.05) is 22.8 Å². The summed E-state index contributed by atoms with van der Waals surface area (Å²) < 4.78 is 10.7. The number of hydrogen-bond donors (Lipinski definition) is 1. The molecule has 0 saturated heterocycles. The third-order valence-corrected chi connectivity index (χ3v) is 3.72.